The molecule has 10 N–H and O–H groups in total. The SMILES string of the molecule is CC(=NN=C(N)N)c1ccc(NC(=O)Nc2ccc(C(=NN=C(N)N)c3ccccc3)cc2)cc1. The van der Waals surface area contributed by atoms with Crippen LogP contribution in [-0.2, 0) is 0 Å². The predicted molar refractivity (Wildman–Crippen MR) is 141 cm³/mol. The Hall–Kier alpha value is -5.19. The zero-order valence-corrected chi connectivity index (χ0v) is 19.0. The van der Waals surface area contributed by atoms with Crippen molar-refractivity contribution in [3.8, 4) is 0 Å². The lowest BCUT2D eigenvalue weighted by Crippen LogP contribution is -2.22. The topological polar surface area (TPSA) is 195 Å². The van der Waals surface area contributed by atoms with Crippen LogP contribution in [0.4, 0.5) is 16.2 Å². The highest BCUT2D eigenvalue weighted by Gasteiger charge is 2.09. The van der Waals surface area contributed by atoms with Gasteiger partial charge >= 0.3 is 6.03 Å². The van der Waals surface area contributed by atoms with Gasteiger partial charge in [0.05, 0.1) is 5.71 Å². The molecule has 11 nitrogen and oxygen atoms in total. The molecule has 2 amide bonds. The summed E-state index contributed by atoms with van der Waals surface area (Å²) in [5.74, 6) is -0.262. The summed E-state index contributed by atoms with van der Waals surface area (Å²) in [6.45, 7) is 1.77. The lowest BCUT2D eigenvalue weighted by atomic mass is 10.0. The second kappa shape index (κ2) is 11.6. The minimum Gasteiger partial charge on any atom is -0.369 e. The number of urea groups is 1. The van der Waals surface area contributed by atoms with Crippen molar-refractivity contribution >= 4 is 40.7 Å². The average molecular weight is 471 g/mol. The first-order chi connectivity index (χ1) is 16.8. The molecule has 0 atom stereocenters. The van der Waals surface area contributed by atoms with E-state index >= 15 is 0 Å². The fourth-order valence-electron chi connectivity index (χ4n) is 2.98. The van der Waals surface area contributed by atoms with Crippen LogP contribution in [0.1, 0.15) is 23.6 Å². The maximum Gasteiger partial charge on any atom is 0.323 e. The molecule has 3 aromatic rings. The van der Waals surface area contributed by atoms with E-state index in [-0.39, 0.29) is 11.9 Å². The summed E-state index contributed by atoms with van der Waals surface area (Å²) in [7, 11) is 0. The third-order valence-electron chi connectivity index (χ3n) is 4.60. The summed E-state index contributed by atoms with van der Waals surface area (Å²) in [6, 6.07) is 23.4. The molecule has 0 unspecified atom stereocenters. The molecule has 0 heterocycles. The predicted octanol–water partition coefficient (Wildman–Crippen LogP) is 2.35. The zero-order chi connectivity index (χ0) is 25.2. The van der Waals surface area contributed by atoms with Crippen molar-refractivity contribution in [2.75, 3.05) is 10.6 Å². The molecular formula is C24H26N10O. The van der Waals surface area contributed by atoms with Crippen LogP contribution in [0.25, 0.3) is 0 Å². The molecule has 0 spiro atoms. The minimum absolute atomic E-state index is 0.121. The van der Waals surface area contributed by atoms with Crippen LogP contribution in [0.2, 0.25) is 0 Å². The Morgan fingerprint density at radius 2 is 1.06 bits per heavy atom. The average Bonchev–Trinajstić information content (AvgIpc) is 2.84. The van der Waals surface area contributed by atoms with Crippen molar-refractivity contribution < 1.29 is 4.79 Å². The number of hydrogen-bond acceptors (Lipinski definition) is 5. The molecule has 178 valence electrons. The van der Waals surface area contributed by atoms with Crippen LogP contribution >= 0.6 is 0 Å². The van der Waals surface area contributed by atoms with Crippen LogP contribution in [0.15, 0.2) is 99.3 Å². The van der Waals surface area contributed by atoms with Gasteiger partial charge in [-0.25, -0.2) is 4.79 Å². The van der Waals surface area contributed by atoms with Gasteiger partial charge in [-0.2, -0.15) is 5.10 Å². The minimum atomic E-state index is -0.395. The standard InChI is InChI=1S/C24H26N10O/c1-15(31-33-22(25)26)16-7-11-19(12-8-16)29-24(35)30-20-13-9-18(10-14-20)21(32-34-23(27)28)17-5-3-2-4-6-17/h2-14H,1H3,(H4,25,26,33)(H4,27,28,34)(H2,29,30,35). The van der Waals surface area contributed by atoms with E-state index in [1.54, 1.807) is 43.3 Å². The molecule has 0 aliphatic heterocycles. The normalized spacial score (nSPS) is 11.3. The van der Waals surface area contributed by atoms with Gasteiger partial charge < -0.3 is 33.6 Å². The fourth-order valence-corrected chi connectivity index (χ4v) is 2.98. The lowest BCUT2D eigenvalue weighted by molar-refractivity contribution is 0.262. The van der Waals surface area contributed by atoms with Gasteiger partial charge in [-0.1, -0.05) is 54.6 Å². The molecule has 0 aliphatic carbocycles. The summed E-state index contributed by atoms with van der Waals surface area (Å²) < 4.78 is 0. The van der Waals surface area contributed by atoms with Crippen molar-refractivity contribution in [3.05, 3.63) is 95.6 Å². The summed E-state index contributed by atoms with van der Waals surface area (Å²) in [4.78, 5) is 12.4. The van der Waals surface area contributed by atoms with Crippen molar-refractivity contribution in [3.63, 3.8) is 0 Å². The van der Waals surface area contributed by atoms with Crippen molar-refractivity contribution in [1.82, 2.24) is 0 Å². The molecule has 3 aromatic carbocycles. The van der Waals surface area contributed by atoms with Gasteiger partial charge in [-0.05, 0) is 36.8 Å². The zero-order valence-electron chi connectivity index (χ0n) is 19.0. The highest BCUT2D eigenvalue weighted by atomic mass is 16.2. The van der Waals surface area contributed by atoms with Gasteiger partial charge in [0, 0.05) is 22.5 Å². The van der Waals surface area contributed by atoms with Gasteiger partial charge in [-0.15, -0.1) is 15.3 Å². The Bertz CT molecular complexity index is 1270. The number of hydrogen-bond donors (Lipinski definition) is 6. The van der Waals surface area contributed by atoms with Crippen LogP contribution < -0.4 is 33.6 Å². The quantitative estimate of drug-likeness (QED) is 0.175. The fraction of sp³-hybridized carbons (Fsp3) is 0.0417. The number of benzene rings is 3. The van der Waals surface area contributed by atoms with Gasteiger partial charge in [0.25, 0.3) is 0 Å². The van der Waals surface area contributed by atoms with Gasteiger partial charge in [0.2, 0.25) is 11.9 Å². The van der Waals surface area contributed by atoms with Gasteiger partial charge in [0.1, 0.15) is 5.71 Å². The van der Waals surface area contributed by atoms with E-state index in [1.807, 2.05) is 42.5 Å². The van der Waals surface area contributed by atoms with Crippen LogP contribution in [-0.4, -0.2) is 29.4 Å². The molecule has 0 aliphatic rings. The number of nitrogens with one attached hydrogen (secondary N) is 2. The molecule has 0 aromatic heterocycles. The Labute approximate surface area is 202 Å². The number of guanidine groups is 2. The molecule has 0 saturated carbocycles. The Morgan fingerprint density at radius 1 is 0.600 bits per heavy atom. The summed E-state index contributed by atoms with van der Waals surface area (Å²) in [6.07, 6.45) is 0. The number of carbonyl (C=O) groups excluding carboxylic acids is 1. The first-order valence-electron chi connectivity index (χ1n) is 10.5. The Balaban J connectivity index is 1.67. The molecule has 35 heavy (non-hydrogen) atoms. The first kappa shape index (κ1) is 24.5. The molecule has 0 bridgehead atoms. The maximum absolute atomic E-state index is 12.4. The monoisotopic (exact) mass is 470 g/mol. The number of anilines is 2. The molecule has 11 heteroatoms. The summed E-state index contributed by atoms with van der Waals surface area (Å²) in [5.41, 5.74) is 26.3. The van der Waals surface area contributed by atoms with Crippen LogP contribution in [0.3, 0.4) is 0 Å². The lowest BCUT2D eigenvalue weighted by Gasteiger charge is -2.10. The largest absolute Gasteiger partial charge is 0.369 e. The number of amides is 2. The number of nitrogens with zero attached hydrogens (tertiary/aromatic N) is 4. The van der Waals surface area contributed by atoms with Gasteiger partial charge in [-0.3, -0.25) is 0 Å². The summed E-state index contributed by atoms with van der Waals surface area (Å²) in [5, 5.41) is 21.1. The van der Waals surface area contributed by atoms with Crippen molar-refractivity contribution in [1.29, 1.82) is 0 Å². The van der Waals surface area contributed by atoms with E-state index in [1.165, 1.54) is 0 Å². The summed E-state index contributed by atoms with van der Waals surface area (Å²) >= 11 is 0. The number of nitrogens with two attached hydrogens (primary N) is 4. The number of rotatable bonds is 7. The molecular weight excluding hydrogens is 444 g/mol. The second-order valence-electron chi connectivity index (χ2n) is 7.28. The highest BCUT2D eigenvalue weighted by molar-refractivity contribution is 6.13. The second-order valence-corrected chi connectivity index (χ2v) is 7.28. The third-order valence-corrected chi connectivity index (χ3v) is 4.60. The van der Waals surface area contributed by atoms with Gasteiger partial charge in [0.15, 0.2) is 0 Å². The molecule has 0 fully saturated rings. The first-order valence-corrected chi connectivity index (χ1v) is 10.5. The maximum atomic E-state index is 12.4. The van der Waals surface area contributed by atoms with E-state index < -0.39 is 6.03 Å². The smallest absolute Gasteiger partial charge is 0.323 e. The van der Waals surface area contributed by atoms with E-state index in [2.05, 4.69) is 31.0 Å². The van der Waals surface area contributed by atoms with E-state index in [0.29, 0.717) is 22.8 Å². The molecule has 0 radical (unpaired) electrons. The molecule has 3 rings (SSSR count). The van der Waals surface area contributed by atoms with E-state index in [4.69, 9.17) is 22.9 Å². The van der Waals surface area contributed by atoms with Crippen molar-refractivity contribution in [2.24, 2.45) is 43.3 Å². The third kappa shape index (κ3) is 7.43. The van der Waals surface area contributed by atoms with Crippen LogP contribution in [0.5, 0.6) is 0 Å². The Morgan fingerprint density at radius 3 is 1.57 bits per heavy atom. The van der Waals surface area contributed by atoms with Crippen LogP contribution in [0, 0.1) is 0 Å². The highest BCUT2D eigenvalue weighted by Crippen LogP contribution is 2.16. The Kier molecular flexibility index (Phi) is 8.11. The van der Waals surface area contributed by atoms with Crippen molar-refractivity contribution in [2.45, 2.75) is 6.92 Å². The van der Waals surface area contributed by atoms with E-state index in [9.17, 15) is 4.79 Å². The molecule has 0 saturated heterocycles. The number of carbonyl (C=O) groups is 1. The van der Waals surface area contributed by atoms with E-state index in [0.717, 1.165) is 16.7 Å².